The van der Waals surface area contributed by atoms with Crippen molar-refractivity contribution in [2.24, 2.45) is 0 Å². The molecule has 0 N–H and O–H groups in total. The van der Waals surface area contributed by atoms with Crippen molar-refractivity contribution in [1.29, 1.82) is 0 Å². The van der Waals surface area contributed by atoms with Crippen LogP contribution in [0, 0.1) is 0 Å². The van der Waals surface area contributed by atoms with E-state index in [-0.39, 0.29) is 12.4 Å². The lowest BCUT2D eigenvalue weighted by molar-refractivity contribution is 0.0590. The number of fused-ring (bicyclic) bond motifs is 1. The molecule has 1 atom stereocenters. The van der Waals surface area contributed by atoms with Gasteiger partial charge in [-0.05, 0) is 50.1 Å². The standard InChI is InChI=1S/C13H8Br2O3S/c14-7-5-11(19-13(7)15)12(16)10-6-17-8-3-1-2-4-9(8)18-10/h1-5,10H,6H2. The number of ether oxygens (including phenoxy) is 2. The van der Waals surface area contributed by atoms with Crippen molar-refractivity contribution in [2.45, 2.75) is 6.10 Å². The van der Waals surface area contributed by atoms with Crippen LogP contribution < -0.4 is 9.47 Å². The maximum atomic E-state index is 12.3. The van der Waals surface area contributed by atoms with Crippen molar-refractivity contribution < 1.29 is 14.3 Å². The quantitative estimate of drug-likeness (QED) is 0.701. The Balaban J connectivity index is 1.83. The first-order valence-electron chi connectivity index (χ1n) is 5.52. The van der Waals surface area contributed by atoms with Gasteiger partial charge in [0.25, 0.3) is 0 Å². The van der Waals surface area contributed by atoms with Gasteiger partial charge in [0.15, 0.2) is 17.6 Å². The molecule has 2 aromatic rings. The fourth-order valence-electron chi connectivity index (χ4n) is 1.78. The number of carbonyl (C=O) groups is 1. The average molecular weight is 404 g/mol. The zero-order valence-corrected chi connectivity index (χ0v) is 13.5. The molecule has 0 aliphatic carbocycles. The lowest BCUT2D eigenvalue weighted by atomic mass is 10.2. The van der Waals surface area contributed by atoms with Crippen LogP contribution in [0.1, 0.15) is 9.67 Å². The Bertz CT molecular complexity index is 619. The second kappa shape index (κ2) is 5.26. The van der Waals surface area contributed by atoms with Gasteiger partial charge in [-0.15, -0.1) is 11.3 Å². The van der Waals surface area contributed by atoms with E-state index in [1.54, 1.807) is 12.1 Å². The summed E-state index contributed by atoms with van der Waals surface area (Å²) in [5.74, 6) is 1.23. The summed E-state index contributed by atoms with van der Waals surface area (Å²) in [6.07, 6.45) is -0.590. The molecular formula is C13H8Br2O3S. The van der Waals surface area contributed by atoms with Crippen molar-refractivity contribution >= 4 is 49.0 Å². The fraction of sp³-hybridized carbons (Fsp3) is 0.154. The molecule has 98 valence electrons. The van der Waals surface area contributed by atoms with Gasteiger partial charge in [0.05, 0.1) is 8.66 Å². The van der Waals surface area contributed by atoms with E-state index in [1.165, 1.54) is 11.3 Å². The largest absolute Gasteiger partial charge is 0.485 e. The zero-order valence-electron chi connectivity index (χ0n) is 9.56. The van der Waals surface area contributed by atoms with Gasteiger partial charge in [-0.2, -0.15) is 0 Å². The molecule has 0 fully saturated rings. The predicted molar refractivity (Wildman–Crippen MR) is 80.4 cm³/mol. The SMILES string of the molecule is O=C(c1cc(Br)c(Br)s1)C1COc2ccccc2O1. The van der Waals surface area contributed by atoms with Crippen molar-refractivity contribution in [3.05, 3.63) is 43.5 Å². The Morgan fingerprint density at radius 2 is 2.00 bits per heavy atom. The molecule has 1 aromatic carbocycles. The number of thiophene rings is 1. The van der Waals surface area contributed by atoms with E-state index in [4.69, 9.17) is 9.47 Å². The third kappa shape index (κ3) is 2.57. The monoisotopic (exact) mass is 402 g/mol. The first-order valence-corrected chi connectivity index (χ1v) is 7.93. The van der Waals surface area contributed by atoms with E-state index >= 15 is 0 Å². The Hall–Kier alpha value is -0.850. The van der Waals surface area contributed by atoms with Crippen molar-refractivity contribution in [3.8, 4) is 11.5 Å². The van der Waals surface area contributed by atoms with Crippen LogP contribution in [-0.4, -0.2) is 18.5 Å². The first kappa shape index (κ1) is 13.1. The Labute approximate surface area is 130 Å². The number of para-hydroxylation sites is 2. The molecule has 19 heavy (non-hydrogen) atoms. The van der Waals surface area contributed by atoms with Crippen LogP contribution in [0.4, 0.5) is 0 Å². The highest BCUT2D eigenvalue weighted by atomic mass is 79.9. The highest BCUT2D eigenvalue weighted by Crippen LogP contribution is 2.35. The van der Waals surface area contributed by atoms with Crippen LogP contribution in [0.25, 0.3) is 0 Å². The summed E-state index contributed by atoms with van der Waals surface area (Å²) in [6, 6.07) is 9.15. The van der Waals surface area contributed by atoms with Gasteiger partial charge in [-0.3, -0.25) is 4.79 Å². The number of rotatable bonds is 2. The lowest BCUT2D eigenvalue weighted by Crippen LogP contribution is -2.36. The molecule has 1 aliphatic rings. The van der Waals surface area contributed by atoms with Gasteiger partial charge in [0, 0.05) is 4.47 Å². The summed E-state index contributed by atoms with van der Waals surface area (Å²) in [5.41, 5.74) is 0. The minimum atomic E-state index is -0.590. The van der Waals surface area contributed by atoms with E-state index in [1.807, 2.05) is 18.2 Å². The predicted octanol–water partition coefficient (Wildman–Crippen LogP) is 4.30. The smallest absolute Gasteiger partial charge is 0.216 e. The molecule has 0 amide bonds. The van der Waals surface area contributed by atoms with Gasteiger partial charge in [0.2, 0.25) is 5.78 Å². The van der Waals surface area contributed by atoms with Crippen LogP contribution in [0.15, 0.2) is 38.6 Å². The minimum Gasteiger partial charge on any atom is -0.485 e. The molecule has 2 heterocycles. The second-order valence-electron chi connectivity index (χ2n) is 3.96. The van der Waals surface area contributed by atoms with E-state index < -0.39 is 6.10 Å². The molecule has 3 nitrogen and oxygen atoms in total. The number of benzene rings is 1. The highest BCUT2D eigenvalue weighted by Gasteiger charge is 2.29. The van der Waals surface area contributed by atoms with E-state index in [0.717, 1.165) is 8.26 Å². The lowest BCUT2D eigenvalue weighted by Gasteiger charge is -2.25. The van der Waals surface area contributed by atoms with E-state index in [2.05, 4.69) is 31.9 Å². The molecule has 3 rings (SSSR count). The highest BCUT2D eigenvalue weighted by molar-refractivity contribution is 9.13. The second-order valence-corrected chi connectivity index (χ2v) is 7.19. The normalized spacial score (nSPS) is 17.3. The molecule has 0 radical (unpaired) electrons. The summed E-state index contributed by atoms with van der Waals surface area (Å²) >= 11 is 8.14. The molecular weight excluding hydrogens is 396 g/mol. The van der Waals surface area contributed by atoms with Crippen LogP contribution >= 0.6 is 43.2 Å². The maximum absolute atomic E-state index is 12.3. The van der Waals surface area contributed by atoms with Crippen LogP contribution in [0.5, 0.6) is 11.5 Å². The third-order valence-corrected chi connectivity index (χ3v) is 5.96. The van der Waals surface area contributed by atoms with Gasteiger partial charge < -0.3 is 9.47 Å². The van der Waals surface area contributed by atoms with Crippen LogP contribution in [0.2, 0.25) is 0 Å². The number of ketones is 1. The van der Waals surface area contributed by atoms with Crippen molar-refractivity contribution in [3.63, 3.8) is 0 Å². The molecule has 1 unspecified atom stereocenters. The van der Waals surface area contributed by atoms with Crippen molar-refractivity contribution in [1.82, 2.24) is 0 Å². The molecule has 6 heteroatoms. The zero-order chi connectivity index (χ0) is 13.4. The summed E-state index contributed by atoms with van der Waals surface area (Å²) in [5, 5.41) is 0. The maximum Gasteiger partial charge on any atom is 0.216 e. The van der Waals surface area contributed by atoms with Crippen LogP contribution in [0.3, 0.4) is 0 Å². The van der Waals surface area contributed by atoms with Crippen LogP contribution in [-0.2, 0) is 0 Å². The van der Waals surface area contributed by atoms with Gasteiger partial charge in [-0.25, -0.2) is 0 Å². The molecule has 0 spiro atoms. The number of hydrogen-bond donors (Lipinski definition) is 0. The summed E-state index contributed by atoms with van der Waals surface area (Å²) < 4.78 is 13.0. The number of carbonyl (C=O) groups excluding carboxylic acids is 1. The molecule has 0 bridgehead atoms. The molecule has 0 saturated carbocycles. The number of halogens is 2. The third-order valence-electron chi connectivity index (χ3n) is 2.69. The summed E-state index contributed by atoms with van der Waals surface area (Å²) in [4.78, 5) is 13.0. The molecule has 1 aromatic heterocycles. The Morgan fingerprint density at radius 3 is 2.68 bits per heavy atom. The topological polar surface area (TPSA) is 35.5 Å². The minimum absolute atomic E-state index is 0.0640. The van der Waals surface area contributed by atoms with Gasteiger partial charge in [0.1, 0.15) is 6.61 Å². The van der Waals surface area contributed by atoms with Gasteiger partial charge >= 0.3 is 0 Å². The van der Waals surface area contributed by atoms with Gasteiger partial charge in [-0.1, -0.05) is 12.1 Å². The summed E-state index contributed by atoms with van der Waals surface area (Å²) in [7, 11) is 0. The average Bonchev–Trinajstić information content (AvgIpc) is 2.77. The van der Waals surface area contributed by atoms with Crippen molar-refractivity contribution in [2.75, 3.05) is 6.61 Å². The van der Waals surface area contributed by atoms with E-state index in [0.29, 0.717) is 16.4 Å². The molecule has 1 aliphatic heterocycles. The molecule has 0 saturated heterocycles. The number of hydrogen-bond acceptors (Lipinski definition) is 4. The van der Waals surface area contributed by atoms with E-state index in [9.17, 15) is 4.79 Å². The fourth-order valence-corrected chi connectivity index (χ4v) is 3.79. The first-order chi connectivity index (χ1) is 9.15. The Kier molecular flexibility index (Phi) is 3.64. The Morgan fingerprint density at radius 1 is 1.26 bits per heavy atom. The number of Topliss-reactive ketones (excluding diaryl/α,β-unsaturated/α-hetero) is 1. The summed E-state index contributed by atoms with van der Waals surface area (Å²) in [6.45, 7) is 0.239.